The van der Waals surface area contributed by atoms with Crippen LogP contribution in [0, 0.1) is 6.92 Å². The van der Waals surface area contributed by atoms with Crippen LogP contribution in [0.1, 0.15) is 70.9 Å². The monoisotopic (exact) mass is 444 g/mol. The summed E-state index contributed by atoms with van der Waals surface area (Å²) in [7, 11) is 0. The van der Waals surface area contributed by atoms with Crippen LogP contribution in [0.15, 0.2) is 23.6 Å². The molecule has 1 aromatic heterocycles. The van der Waals surface area contributed by atoms with Gasteiger partial charge in [-0.05, 0) is 58.2 Å². The summed E-state index contributed by atoms with van der Waals surface area (Å²) in [5.41, 5.74) is 6.83. The maximum absolute atomic E-state index is 12.7. The zero-order valence-electron chi connectivity index (χ0n) is 18.2. The summed E-state index contributed by atoms with van der Waals surface area (Å²) in [5, 5.41) is 5.43. The van der Waals surface area contributed by atoms with Gasteiger partial charge in [-0.25, -0.2) is 9.78 Å². The molecule has 2 aromatic rings. The molecule has 166 valence electrons. The van der Waals surface area contributed by atoms with Crippen molar-refractivity contribution in [3.05, 3.63) is 45.4 Å². The number of aromatic nitrogens is 1. The summed E-state index contributed by atoms with van der Waals surface area (Å²) in [5.74, 6) is -0.687. The van der Waals surface area contributed by atoms with E-state index in [2.05, 4.69) is 10.3 Å². The molecule has 0 bridgehead atoms. The number of hydrogen-bond donors (Lipinski definition) is 2. The van der Waals surface area contributed by atoms with Crippen molar-refractivity contribution in [2.24, 2.45) is 5.73 Å². The summed E-state index contributed by atoms with van der Waals surface area (Å²) in [6, 6.07) is 4.92. The highest BCUT2D eigenvalue weighted by Gasteiger charge is 2.29. The number of nitrogens with zero attached hydrogens (tertiary/aromatic N) is 2. The van der Waals surface area contributed by atoms with Crippen molar-refractivity contribution in [1.82, 2.24) is 9.88 Å². The molecule has 0 unspecified atom stereocenters. The van der Waals surface area contributed by atoms with Crippen LogP contribution in [-0.2, 0) is 4.74 Å². The minimum Gasteiger partial charge on any atom is -0.444 e. The van der Waals surface area contributed by atoms with Crippen LogP contribution >= 0.6 is 11.3 Å². The normalized spacial score (nSPS) is 14.9. The molecule has 3 rings (SSSR count). The van der Waals surface area contributed by atoms with Crippen LogP contribution in [-0.4, -0.2) is 46.5 Å². The van der Waals surface area contributed by atoms with Crippen LogP contribution < -0.4 is 11.1 Å². The number of nitrogens with two attached hydrogens (primary N) is 1. The van der Waals surface area contributed by atoms with Gasteiger partial charge in [-0.2, -0.15) is 0 Å². The Morgan fingerprint density at radius 2 is 1.90 bits per heavy atom. The molecule has 0 aliphatic carbocycles. The highest BCUT2D eigenvalue weighted by Crippen LogP contribution is 2.31. The Bertz CT molecular complexity index is 988. The van der Waals surface area contributed by atoms with E-state index in [9.17, 15) is 14.4 Å². The van der Waals surface area contributed by atoms with Crippen molar-refractivity contribution < 1.29 is 19.1 Å². The van der Waals surface area contributed by atoms with Gasteiger partial charge in [-0.3, -0.25) is 9.59 Å². The lowest BCUT2D eigenvalue weighted by Gasteiger charge is -2.32. The number of nitrogens with one attached hydrogen (secondary N) is 1. The predicted molar refractivity (Wildman–Crippen MR) is 120 cm³/mol. The van der Waals surface area contributed by atoms with Gasteiger partial charge in [0.05, 0.1) is 5.01 Å². The van der Waals surface area contributed by atoms with Gasteiger partial charge in [0.1, 0.15) is 11.3 Å². The Kier molecular flexibility index (Phi) is 6.64. The van der Waals surface area contributed by atoms with E-state index < -0.39 is 11.5 Å². The standard InChI is InChI=1S/C22H28N4O4S/c1-13-5-6-15(18(23)27)11-16(13)24-19(28)17-12-31-20(25-17)14-7-9-26(10-8-14)21(29)30-22(2,3)4/h5-6,11-12,14H,7-10H2,1-4H3,(H2,23,27)(H,24,28). The smallest absolute Gasteiger partial charge is 0.410 e. The second kappa shape index (κ2) is 9.05. The lowest BCUT2D eigenvalue weighted by atomic mass is 9.98. The SMILES string of the molecule is Cc1ccc(C(N)=O)cc1NC(=O)c1csc(C2CCN(C(=O)OC(C)(C)C)CC2)n1. The van der Waals surface area contributed by atoms with E-state index >= 15 is 0 Å². The molecule has 0 saturated carbocycles. The first-order valence-corrected chi connectivity index (χ1v) is 11.1. The molecule has 1 aromatic carbocycles. The van der Waals surface area contributed by atoms with E-state index in [1.54, 1.807) is 28.5 Å². The van der Waals surface area contributed by atoms with Crippen LogP contribution in [0.3, 0.4) is 0 Å². The van der Waals surface area contributed by atoms with Crippen molar-refractivity contribution in [2.45, 2.75) is 52.1 Å². The quantitative estimate of drug-likeness (QED) is 0.742. The van der Waals surface area contributed by atoms with Gasteiger partial charge in [-0.15, -0.1) is 11.3 Å². The third-order valence-corrected chi connectivity index (χ3v) is 6.03. The third-order valence-electron chi connectivity index (χ3n) is 5.02. The second-order valence-electron chi connectivity index (χ2n) is 8.66. The molecule has 9 heteroatoms. The Labute approximate surface area is 185 Å². The molecule has 1 aliphatic heterocycles. The van der Waals surface area contributed by atoms with Crippen molar-refractivity contribution in [2.75, 3.05) is 18.4 Å². The molecule has 0 radical (unpaired) electrons. The molecule has 2 heterocycles. The van der Waals surface area contributed by atoms with E-state index in [1.165, 1.54) is 11.3 Å². The zero-order valence-corrected chi connectivity index (χ0v) is 19.0. The number of likely N-dealkylation sites (tertiary alicyclic amines) is 1. The summed E-state index contributed by atoms with van der Waals surface area (Å²) in [6.45, 7) is 8.59. The molecular formula is C22H28N4O4S. The number of rotatable bonds is 4. The second-order valence-corrected chi connectivity index (χ2v) is 9.55. The van der Waals surface area contributed by atoms with Crippen LogP contribution in [0.4, 0.5) is 10.5 Å². The van der Waals surface area contributed by atoms with Crippen molar-refractivity contribution in [3.63, 3.8) is 0 Å². The molecule has 3 amide bonds. The van der Waals surface area contributed by atoms with E-state index in [4.69, 9.17) is 10.5 Å². The number of ether oxygens (including phenoxy) is 1. The summed E-state index contributed by atoms with van der Waals surface area (Å²) >= 11 is 1.45. The topological polar surface area (TPSA) is 115 Å². The molecule has 1 saturated heterocycles. The lowest BCUT2D eigenvalue weighted by Crippen LogP contribution is -2.41. The number of thiazole rings is 1. The van der Waals surface area contributed by atoms with Gasteiger partial charge in [0.2, 0.25) is 5.91 Å². The molecule has 1 aliphatic rings. The van der Waals surface area contributed by atoms with Gasteiger partial charge < -0.3 is 20.7 Å². The fourth-order valence-corrected chi connectivity index (χ4v) is 4.28. The number of carbonyl (C=O) groups is 3. The van der Waals surface area contributed by atoms with Crippen molar-refractivity contribution >= 4 is 34.9 Å². The number of carbonyl (C=O) groups excluding carboxylic acids is 3. The average Bonchev–Trinajstić information content (AvgIpc) is 3.18. The fourth-order valence-electron chi connectivity index (χ4n) is 3.31. The number of amides is 3. The minimum absolute atomic E-state index is 0.199. The van der Waals surface area contributed by atoms with Gasteiger partial charge >= 0.3 is 6.09 Å². The van der Waals surface area contributed by atoms with E-state index in [0.717, 1.165) is 23.4 Å². The molecule has 31 heavy (non-hydrogen) atoms. The lowest BCUT2D eigenvalue weighted by molar-refractivity contribution is 0.0204. The highest BCUT2D eigenvalue weighted by molar-refractivity contribution is 7.10. The maximum atomic E-state index is 12.7. The third kappa shape index (κ3) is 5.81. The maximum Gasteiger partial charge on any atom is 0.410 e. The fraction of sp³-hybridized carbons (Fsp3) is 0.455. The Morgan fingerprint density at radius 1 is 1.23 bits per heavy atom. The minimum atomic E-state index is -0.552. The van der Waals surface area contributed by atoms with Crippen molar-refractivity contribution in [3.8, 4) is 0 Å². The average molecular weight is 445 g/mol. The number of aryl methyl sites for hydroxylation is 1. The van der Waals surface area contributed by atoms with Gasteiger partial charge in [0, 0.05) is 35.6 Å². The first-order chi connectivity index (χ1) is 14.5. The Hall–Kier alpha value is -2.94. The molecule has 8 nitrogen and oxygen atoms in total. The Morgan fingerprint density at radius 3 is 2.52 bits per heavy atom. The number of primary amides is 1. The molecule has 1 fully saturated rings. The van der Waals surface area contributed by atoms with Crippen LogP contribution in [0.25, 0.3) is 0 Å². The van der Waals surface area contributed by atoms with Gasteiger partial charge in [-0.1, -0.05) is 6.07 Å². The van der Waals surface area contributed by atoms with Gasteiger partial charge in [0.15, 0.2) is 0 Å². The number of benzene rings is 1. The first-order valence-electron chi connectivity index (χ1n) is 10.2. The molecule has 0 spiro atoms. The summed E-state index contributed by atoms with van der Waals surface area (Å²) in [4.78, 5) is 42.5. The first kappa shape index (κ1) is 22.7. The van der Waals surface area contributed by atoms with Crippen LogP contribution in [0.5, 0.6) is 0 Å². The van der Waals surface area contributed by atoms with Gasteiger partial charge in [0.25, 0.3) is 5.91 Å². The zero-order chi connectivity index (χ0) is 22.8. The van der Waals surface area contributed by atoms with E-state index in [1.807, 2.05) is 27.7 Å². The molecule has 3 N–H and O–H groups in total. The summed E-state index contributed by atoms with van der Waals surface area (Å²) in [6.07, 6.45) is 1.25. The number of piperidine rings is 1. The number of hydrogen-bond acceptors (Lipinski definition) is 6. The van der Waals surface area contributed by atoms with Crippen molar-refractivity contribution in [1.29, 1.82) is 0 Å². The predicted octanol–water partition coefficient (Wildman–Crippen LogP) is 3.92. The largest absolute Gasteiger partial charge is 0.444 e. The van der Waals surface area contributed by atoms with Crippen LogP contribution in [0.2, 0.25) is 0 Å². The van der Waals surface area contributed by atoms with E-state index in [-0.39, 0.29) is 17.9 Å². The number of anilines is 1. The van der Waals surface area contributed by atoms with E-state index in [0.29, 0.717) is 30.0 Å². The summed E-state index contributed by atoms with van der Waals surface area (Å²) < 4.78 is 5.44. The highest BCUT2D eigenvalue weighted by atomic mass is 32.1. The molecule has 0 atom stereocenters. The molecular weight excluding hydrogens is 416 g/mol. The Balaban J connectivity index is 1.61.